The fourth-order valence-corrected chi connectivity index (χ4v) is 3.18. The highest BCUT2D eigenvalue weighted by Gasteiger charge is 2.36. The minimum atomic E-state index is -4.68. The summed E-state index contributed by atoms with van der Waals surface area (Å²) >= 11 is 5.86. The highest BCUT2D eigenvalue weighted by atomic mass is 35.5. The summed E-state index contributed by atoms with van der Waals surface area (Å²) in [4.78, 5) is 20.2. The van der Waals surface area contributed by atoms with Gasteiger partial charge in [0.1, 0.15) is 11.0 Å². The van der Waals surface area contributed by atoms with Gasteiger partial charge in [-0.05, 0) is 38.5 Å². The molecule has 4 N–H and O–H groups in total. The van der Waals surface area contributed by atoms with Gasteiger partial charge in [-0.3, -0.25) is 4.79 Å². The summed E-state index contributed by atoms with van der Waals surface area (Å²) in [6, 6.07) is -0.514. The van der Waals surface area contributed by atoms with Crippen molar-refractivity contribution >= 4 is 23.3 Å². The lowest BCUT2D eigenvalue weighted by atomic mass is 9.90. The molecule has 1 atom stereocenters. The number of halogens is 4. The maximum absolute atomic E-state index is 12.6. The summed E-state index contributed by atoms with van der Waals surface area (Å²) in [5.74, 6) is -1.31. The van der Waals surface area contributed by atoms with E-state index >= 15 is 0 Å². The van der Waals surface area contributed by atoms with Crippen LogP contribution in [0.15, 0.2) is 0 Å². The molecule has 10 heteroatoms. The molecule has 1 aliphatic heterocycles. The second-order valence-electron chi connectivity index (χ2n) is 6.30. The molecule has 0 spiro atoms. The van der Waals surface area contributed by atoms with Crippen LogP contribution in [0.4, 0.5) is 19.0 Å². The van der Waals surface area contributed by atoms with Crippen molar-refractivity contribution in [3.05, 3.63) is 16.5 Å². The molecule has 0 bridgehead atoms. The standard InChI is InChI=1S/C15H21ClF3N5O/c1-8(20)13(25)24-6-4-9(5-7-24)2-3-10-11(16)22-14(15(17,18)19)23-12(10)21/h8-9H,2-7,20H2,1H3,(H2,21,22,23)/t8-/m0/s1. The Morgan fingerprint density at radius 2 is 1.96 bits per heavy atom. The van der Waals surface area contributed by atoms with Gasteiger partial charge >= 0.3 is 6.18 Å². The molecule has 1 aliphatic rings. The van der Waals surface area contributed by atoms with Crippen molar-refractivity contribution in [2.75, 3.05) is 18.8 Å². The summed E-state index contributed by atoms with van der Waals surface area (Å²) in [6.07, 6.45) is -1.99. The molecule has 2 rings (SSSR count). The zero-order chi connectivity index (χ0) is 18.8. The molecule has 2 heterocycles. The molecule has 1 aromatic rings. The number of nitrogen functional groups attached to an aromatic ring is 1. The lowest BCUT2D eigenvalue weighted by Gasteiger charge is -2.33. The second kappa shape index (κ2) is 7.74. The van der Waals surface area contributed by atoms with Crippen LogP contribution >= 0.6 is 11.6 Å². The fraction of sp³-hybridized carbons (Fsp3) is 0.667. The van der Waals surface area contributed by atoms with Crippen LogP contribution in [-0.2, 0) is 17.4 Å². The van der Waals surface area contributed by atoms with Gasteiger partial charge in [-0.25, -0.2) is 9.97 Å². The van der Waals surface area contributed by atoms with E-state index < -0.39 is 18.0 Å². The minimum absolute atomic E-state index is 0.0677. The topological polar surface area (TPSA) is 98.1 Å². The number of alkyl halides is 3. The first-order valence-corrected chi connectivity index (χ1v) is 8.40. The average Bonchev–Trinajstić information content (AvgIpc) is 2.52. The minimum Gasteiger partial charge on any atom is -0.383 e. The molecule has 0 radical (unpaired) electrons. The van der Waals surface area contributed by atoms with Crippen molar-refractivity contribution in [3.63, 3.8) is 0 Å². The van der Waals surface area contributed by atoms with Crippen LogP contribution in [0.5, 0.6) is 0 Å². The Labute approximate surface area is 148 Å². The number of rotatable bonds is 4. The molecule has 1 fully saturated rings. The number of likely N-dealkylation sites (tertiary alicyclic amines) is 1. The van der Waals surface area contributed by atoms with Gasteiger partial charge in [-0.2, -0.15) is 13.2 Å². The molecule has 1 aromatic heterocycles. The van der Waals surface area contributed by atoms with Crippen molar-refractivity contribution in [3.8, 4) is 0 Å². The van der Waals surface area contributed by atoms with Crippen LogP contribution in [0.25, 0.3) is 0 Å². The first kappa shape index (κ1) is 19.7. The molecule has 140 valence electrons. The molecule has 25 heavy (non-hydrogen) atoms. The van der Waals surface area contributed by atoms with Gasteiger partial charge in [-0.15, -0.1) is 0 Å². The van der Waals surface area contributed by atoms with Gasteiger partial charge in [0.25, 0.3) is 0 Å². The molecule has 0 aliphatic carbocycles. The number of piperidine rings is 1. The van der Waals surface area contributed by atoms with Crippen molar-refractivity contribution in [1.82, 2.24) is 14.9 Å². The van der Waals surface area contributed by atoms with Gasteiger partial charge < -0.3 is 16.4 Å². The van der Waals surface area contributed by atoms with Gasteiger partial charge in [0.15, 0.2) is 0 Å². The molecule has 0 saturated carbocycles. The second-order valence-corrected chi connectivity index (χ2v) is 6.65. The number of aromatic nitrogens is 2. The third-order valence-electron chi connectivity index (χ3n) is 4.36. The van der Waals surface area contributed by atoms with E-state index in [0.29, 0.717) is 37.4 Å². The Bertz CT molecular complexity index is 607. The number of anilines is 1. The van der Waals surface area contributed by atoms with Crippen molar-refractivity contribution in [2.45, 2.75) is 44.8 Å². The van der Waals surface area contributed by atoms with E-state index in [1.54, 1.807) is 11.8 Å². The van der Waals surface area contributed by atoms with Crippen LogP contribution < -0.4 is 11.5 Å². The SMILES string of the molecule is C[C@H](N)C(=O)N1CCC(CCc2c(N)nc(C(F)(F)F)nc2Cl)CC1. The Morgan fingerprint density at radius 1 is 1.36 bits per heavy atom. The third-order valence-corrected chi connectivity index (χ3v) is 4.67. The molecule has 0 aromatic carbocycles. The van der Waals surface area contributed by atoms with Crippen molar-refractivity contribution in [1.29, 1.82) is 0 Å². The fourth-order valence-electron chi connectivity index (χ4n) is 2.91. The number of nitrogens with two attached hydrogens (primary N) is 2. The van der Waals surface area contributed by atoms with Gasteiger partial charge in [-0.1, -0.05) is 11.6 Å². The summed E-state index contributed by atoms with van der Waals surface area (Å²) in [7, 11) is 0. The predicted octanol–water partition coefficient (Wildman–Crippen LogP) is 2.25. The Balaban J connectivity index is 1.94. The van der Waals surface area contributed by atoms with Gasteiger partial charge in [0, 0.05) is 18.7 Å². The Kier molecular flexibility index (Phi) is 6.10. The van der Waals surface area contributed by atoms with Gasteiger partial charge in [0.05, 0.1) is 6.04 Å². The smallest absolute Gasteiger partial charge is 0.383 e. The van der Waals surface area contributed by atoms with Crippen molar-refractivity contribution < 1.29 is 18.0 Å². The lowest BCUT2D eigenvalue weighted by Crippen LogP contribution is -2.45. The number of nitrogens with zero attached hydrogens (tertiary/aromatic N) is 3. The highest BCUT2D eigenvalue weighted by molar-refractivity contribution is 6.30. The third kappa shape index (κ3) is 4.94. The summed E-state index contributed by atoms with van der Waals surface area (Å²) in [5.41, 5.74) is 11.6. The average molecular weight is 380 g/mol. The molecule has 6 nitrogen and oxygen atoms in total. The van der Waals surface area contributed by atoms with E-state index in [9.17, 15) is 18.0 Å². The first-order valence-electron chi connectivity index (χ1n) is 8.03. The number of hydrogen-bond donors (Lipinski definition) is 2. The maximum atomic E-state index is 12.6. The van der Waals surface area contributed by atoms with E-state index in [1.165, 1.54) is 0 Å². The Hall–Kier alpha value is -1.61. The van der Waals surface area contributed by atoms with Gasteiger partial charge in [0.2, 0.25) is 11.7 Å². The first-order chi connectivity index (χ1) is 11.6. The van der Waals surface area contributed by atoms with Crippen LogP contribution in [0.3, 0.4) is 0 Å². The summed E-state index contributed by atoms with van der Waals surface area (Å²) in [5, 5.41) is -0.260. The van der Waals surface area contributed by atoms with Crippen LogP contribution in [0, 0.1) is 5.92 Å². The predicted molar refractivity (Wildman–Crippen MR) is 87.7 cm³/mol. The van der Waals surface area contributed by atoms with Crippen LogP contribution in [0.1, 0.15) is 37.6 Å². The van der Waals surface area contributed by atoms with E-state index in [2.05, 4.69) is 9.97 Å². The largest absolute Gasteiger partial charge is 0.451 e. The van der Waals surface area contributed by atoms with E-state index in [-0.39, 0.29) is 16.9 Å². The number of carbonyl (C=O) groups is 1. The van der Waals surface area contributed by atoms with E-state index in [4.69, 9.17) is 23.1 Å². The summed E-state index contributed by atoms with van der Waals surface area (Å²) in [6.45, 7) is 2.90. The molecule has 1 saturated heterocycles. The zero-order valence-electron chi connectivity index (χ0n) is 13.8. The molecule has 0 unspecified atom stereocenters. The highest BCUT2D eigenvalue weighted by Crippen LogP contribution is 2.31. The van der Waals surface area contributed by atoms with Crippen LogP contribution in [0.2, 0.25) is 5.15 Å². The van der Waals surface area contributed by atoms with Crippen molar-refractivity contribution in [2.24, 2.45) is 11.7 Å². The van der Waals surface area contributed by atoms with E-state index in [0.717, 1.165) is 12.8 Å². The Morgan fingerprint density at radius 3 is 2.44 bits per heavy atom. The number of amides is 1. The molecular formula is C15H21ClF3N5O. The van der Waals surface area contributed by atoms with E-state index in [1.807, 2.05) is 0 Å². The normalized spacial score (nSPS) is 17.6. The zero-order valence-corrected chi connectivity index (χ0v) is 14.6. The maximum Gasteiger partial charge on any atom is 0.451 e. The number of hydrogen-bond acceptors (Lipinski definition) is 5. The summed E-state index contributed by atoms with van der Waals surface area (Å²) < 4.78 is 37.9. The number of carbonyl (C=O) groups excluding carboxylic acids is 1. The quantitative estimate of drug-likeness (QED) is 0.782. The monoisotopic (exact) mass is 379 g/mol. The molecule has 1 amide bonds. The lowest BCUT2D eigenvalue weighted by molar-refractivity contribution is -0.144. The molecular weight excluding hydrogens is 359 g/mol. The van der Waals surface area contributed by atoms with Crippen LogP contribution in [-0.4, -0.2) is 39.9 Å².